The second-order valence-electron chi connectivity index (χ2n) is 11.0. The summed E-state index contributed by atoms with van der Waals surface area (Å²) >= 11 is 0. The van der Waals surface area contributed by atoms with Crippen molar-refractivity contribution in [1.82, 2.24) is 9.97 Å². The quantitative estimate of drug-likeness (QED) is 0.684. The number of likely N-dealkylation sites (N-methyl/N-ethyl adjacent to an activating group) is 1. The van der Waals surface area contributed by atoms with Gasteiger partial charge in [0.2, 0.25) is 5.83 Å². The fourth-order valence-corrected chi connectivity index (χ4v) is 8.33. The molecule has 0 aromatic carbocycles. The fraction of sp³-hybridized carbons (Fsp3) is 0.750. The third-order valence-electron chi connectivity index (χ3n) is 9.96. The van der Waals surface area contributed by atoms with Gasteiger partial charge in [-0.05, 0) is 75.2 Å². The number of fused-ring (bicyclic) bond motifs is 5. The molecule has 0 spiro atoms. The van der Waals surface area contributed by atoms with Crippen molar-refractivity contribution in [1.29, 1.82) is 0 Å². The number of imidazole rings is 1. The van der Waals surface area contributed by atoms with Gasteiger partial charge in [-0.1, -0.05) is 13.3 Å². The van der Waals surface area contributed by atoms with Gasteiger partial charge in [-0.2, -0.15) is 4.39 Å². The number of H-pyrrole nitrogens is 1. The smallest absolute Gasteiger partial charge is 0.344 e. The maximum atomic E-state index is 15.3. The van der Waals surface area contributed by atoms with Gasteiger partial charge in [-0.15, -0.1) is 0 Å². The molecule has 1 amide bonds. The van der Waals surface area contributed by atoms with Crippen LogP contribution in [0.1, 0.15) is 77.6 Å². The number of halogens is 1. The summed E-state index contributed by atoms with van der Waals surface area (Å²) in [7, 11) is 1.95. The molecule has 5 heteroatoms. The molecule has 1 aromatic heterocycles. The van der Waals surface area contributed by atoms with E-state index in [1.165, 1.54) is 32.1 Å². The van der Waals surface area contributed by atoms with Crippen LogP contribution in [0.2, 0.25) is 0 Å². The Morgan fingerprint density at radius 3 is 2.72 bits per heavy atom. The van der Waals surface area contributed by atoms with Gasteiger partial charge in [0, 0.05) is 24.2 Å². The Kier molecular flexibility index (Phi) is 4.20. The number of aromatic amines is 1. The fourth-order valence-electron chi connectivity index (χ4n) is 8.33. The van der Waals surface area contributed by atoms with E-state index in [1.807, 2.05) is 14.0 Å². The average Bonchev–Trinajstić information content (AvgIpc) is 3.34. The van der Waals surface area contributed by atoms with Gasteiger partial charge < -0.3 is 4.98 Å². The van der Waals surface area contributed by atoms with Gasteiger partial charge in [0.1, 0.15) is 6.04 Å². The van der Waals surface area contributed by atoms with Crippen LogP contribution in [0.25, 0.3) is 0 Å². The van der Waals surface area contributed by atoms with Crippen molar-refractivity contribution in [3.05, 3.63) is 30.1 Å². The topological polar surface area (TPSA) is 45.8 Å². The molecule has 0 saturated heterocycles. The molecule has 5 rings (SSSR count). The first-order chi connectivity index (χ1) is 13.7. The van der Waals surface area contributed by atoms with Gasteiger partial charge in [-0.25, -0.2) is 14.3 Å². The average molecular weight is 401 g/mol. The van der Waals surface area contributed by atoms with Crippen molar-refractivity contribution in [3.63, 3.8) is 0 Å². The maximum Gasteiger partial charge on any atom is 0.374 e. The first-order valence-electron chi connectivity index (χ1n) is 11.5. The highest BCUT2D eigenvalue weighted by Crippen LogP contribution is 2.65. The Hall–Kier alpha value is -1.49. The van der Waals surface area contributed by atoms with Gasteiger partial charge in [0.25, 0.3) is 0 Å². The number of hydrogen-bond donors (Lipinski definition) is 1. The van der Waals surface area contributed by atoms with E-state index in [0.717, 1.165) is 24.6 Å². The molecule has 3 fully saturated rings. The van der Waals surface area contributed by atoms with E-state index < -0.39 is 5.83 Å². The molecule has 3 saturated carbocycles. The predicted molar refractivity (Wildman–Crippen MR) is 110 cm³/mol. The second kappa shape index (κ2) is 6.26. The lowest BCUT2D eigenvalue weighted by molar-refractivity contribution is -0.899. The summed E-state index contributed by atoms with van der Waals surface area (Å²) in [6, 6.07) is -0.0974. The number of hydrogen-bond acceptors (Lipinski definition) is 2. The van der Waals surface area contributed by atoms with Crippen LogP contribution in [0.5, 0.6) is 0 Å². The number of aromatic nitrogens is 2. The monoisotopic (exact) mass is 400 g/mol. The molecular weight excluding hydrogens is 365 g/mol. The Morgan fingerprint density at radius 1 is 1.21 bits per heavy atom. The molecule has 8 atom stereocenters. The highest BCUT2D eigenvalue weighted by atomic mass is 19.1. The molecule has 1 N–H and O–H groups in total. The number of nitrogens with zero attached hydrogens (tertiary/aromatic N) is 2. The number of rotatable bonds is 2. The summed E-state index contributed by atoms with van der Waals surface area (Å²) in [4.78, 5) is 20.9. The molecule has 1 aliphatic heterocycles. The van der Waals surface area contributed by atoms with E-state index in [2.05, 4.69) is 23.8 Å². The summed E-state index contributed by atoms with van der Waals surface area (Å²) in [6.45, 7) is 6.77. The van der Waals surface area contributed by atoms with Crippen LogP contribution in [-0.2, 0) is 4.79 Å². The molecule has 0 bridgehead atoms. The standard InChI is InChI=1S/C24H35FN3O/c1-15(21-26-12-13-27-21)28(4)20-8-7-16-17-6-5-10-23(17,2)11-9-18(16)24(20,3)14-19(25)22(28)29/h12-18,20H,5-11H2,1-4H3,(H,26,27)/q+1/t15?,16-,17-,18-,20+,23-,24+,28?/m0/s1. The molecule has 4 aliphatic rings. The highest BCUT2D eigenvalue weighted by Gasteiger charge is 2.65. The van der Waals surface area contributed by atoms with Crippen LogP contribution in [0.4, 0.5) is 4.39 Å². The van der Waals surface area contributed by atoms with Crippen LogP contribution in [0.15, 0.2) is 24.3 Å². The number of carbonyl (C=O) groups excluding carboxylic acids is 1. The molecule has 3 aliphatic carbocycles. The van der Waals surface area contributed by atoms with Crippen molar-refractivity contribution in [2.45, 2.75) is 77.8 Å². The van der Waals surface area contributed by atoms with E-state index >= 15 is 4.39 Å². The molecule has 1 aromatic rings. The molecule has 4 nitrogen and oxygen atoms in total. The zero-order valence-electron chi connectivity index (χ0n) is 18.2. The zero-order chi connectivity index (χ0) is 20.6. The highest BCUT2D eigenvalue weighted by molar-refractivity contribution is 5.87. The van der Waals surface area contributed by atoms with Crippen LogP contribution < -0.4 is 0 Å². The van der Waals surface area contributed by atoms with Gasteiger partial charge >= 0.3 is 5.91 Å². The third kappa shape index (κ3) is 2.46. The largest absolute Gasteiger partial charge is 0.374 e. The van der Waals surface area contributed by atoms with Crippen molar-refractivity contribution in [3.8, 4) is 0 Å². The summed E-state index contributed by atoms with van der Waals surface area (Å²) < 4.78 is 15.4. The molecule has 2 heterocycles. The Bertz CT molecular complexity index is 850. The SMILES string of the molecule is CC(c1ncc[nH]1)[N+]1(C)C(=O)C(F)=C[C@@]2(C)[C@H]1CC[C@H]1[C@@H]3CCC[C@@]3(C)CC[C@@H]12. The Labute approximate surface area is 173 Å². The normalized spacial score (nSPS) is 47.8. The lowest BCUT2D eigenvalue weighted by atomic mass is 9.48. The molecule has 158 valence electrons. The van der Waals surface area contributed by atoms with Crippen molar-refractivity contribution in [2.75, 3.05) is 7.05 Å². The predicted octanol–water partition coefficient (Wildman–Crippen LogP) is 5.31. The van der Waals surface area contributed by atoms with Crippen molar-refractivity contribution in [2.24, 2.45) is 28.6 Å². The minimum absolute atomic E-state index is 0.0947. The third-order valence-corrected chi connectivity index (χ3v) is 9.96. The number of amides is 1. The van der Waals surface area contributed by atoms with E-state index in [4.69, 9.17) is 0 Å². The van der Waals surface area contributed by atoms with Gasteiger partial charge in [0.15, 0.2) is 11.9 Å². The number of carbonyl (C=O) groups is 1. The number of nitrogens with one attached hydrogen (secondary N) is 1. The van der Waals surface area contributed by atoms with Gasteiger partial charge in [-0.3, -0.25) is 0 Å². The van der Waals surface area contributed by atoms with E-state index in [0.29, 0.717) is 17.3 Å². The number of quaternary nitrogens is 1. The van der Waals surface area contributed by atoms with E-state index in [-0.39, 0.29) is 27.9 Å². The lowest BCUT2D eigenvalue weighted by Gasteiger charge is -2.61. The van der Waals surface area contributed by atoms with Crippen LogP contribution in [-0.4, -0.2) is 33.4 Å². The minimum atomic E-state index is -0.537. The van der Waals surface area contributed by atoms with E-state index in [1.54, 1.807) is 18.5 Å². The van der Waals surface area contributed by atoms with Crippen LogP contribution in [0.3, 0.4) is 0 Å². The Morgan fingerprint density at radius 2 is 2.00 bits per heavy atom. The summed E-state index contributed by atoms with van der Waals surface area (Å²) in [6.07, 6.45) is 13.9. The first-order valence-corrected chi connectivity index (χ1v) is 11.5. The zero-order valence-corrected chi connectivity index (χ0v) is 18.2. The first kappa shape index (κ1) is 19.5. The van der Waals surface area contributed by atoms with Crippen molar-refractivity contribution >= 4 is 5.91 Å². The lowest BCUT2D eigenvalue weighted by Crippen LogP contribution is -2.69. The van der Waals surface area contributed by atoms with Crippen molar-refractivity contribution < 1.29 is 13.7 Å². The maximum absolute atomic E-state index is 15.3. The second-order valence-corrected chi connectivity index (χ2v) is 11.0. The van der Waals surface area contributed by atoms with Crippen LogP contribution in [0, 0.1) is 28.6 Å². The molecular formula is C24H35FN3O+. The van der Waals surface area contributed by atoms with Gasteiger partial charge in [0.05, 0.1) is 7.05 Å². The van der Waals surface area contributed by atoms with Crippen LogP contribution >= 0.6 is 0 Å². The summed E-state index contributed by atoms with van der Waals surface area (Å²) in [5.74, 6) is 1.77. The summed E-state index contributed by atoms with van der Waals surface area (Å²) in [5.41, 5.74) is 0.206. The molecule has 2 unspecified atom stereocenters. The van der Waals surface area contributed by atoms with E-state index in [9.17, 15) is 4.79 Å². The molecule has 0 radical (unpaired) electrons. The minimum Gasteiger partial charge on any atom is -0.344 e. The Balaban J connectivity index is 1.58. The summed E-state index contributed by atoms with van der Waals surface area (Å²) in [5, 5.41) is 0. The molecule has 29 heavy (non-hydrogen) atoms.